The van der Waals surface area contributed by atoms with Crippen molar-refractivity contribution >= 4 is 17.2 Å². The first-order chi connectivity index (χ1) is 10.7. The number of nitrogens with one attached hydrogen (secondary N) is 1. The summed E-state index contributed by atoms with van der Waals surface area (Å²) in [5.74, 6) is 0.651. The minimum absolute atomic E-state index is 0.114. The van der Waals surface area contributed by atoms with Gasteiger partial charge in [-0.3, -0.25) is 9.48 Å². The Morgan fingerprint density at radius 1 is 1.59 bits per heavy atom. The molecule has 0 radical (unpaired) electrons. The summed E-state index contributed by atoms with van der Waals surface area (Å²) in [4.78, 5) is 20.1. The van der Waals surface area contributed by atoms with Gasteiger partial charge in [0.25, 0.3) is 0 Å². The van der Waals surface area contributed by atoms with Gasteiger partial charge in [0, 0.05) is 23.8 Å². The SMILES string of the molecule is Cc1ncsc1CN(CC1CCNC1)C(=O)Cn1cccn1. The Labute approximate surface area is 134 Å². The lowest BCUT2D eigenvalue weighted by Crippen LogP contribution is -2.37. The maximum Gasteiger partial charge on any atom is 0.244 e. The molecular weight excluding hydrogens is 298 g/mol. The quantitative estimate of drug-likeness (QED) is 0.871. The van der Waals surface area contributed by atoms with Crippen molar-refractivity contribution in [1.82, 2.24) is 25.0 Å². The van der Waals surface area contributed by atoms with E-state index >= 15 is 0 Å². The molecule has 3 rings (SSSR count). The molecule has 6 nitrogen and oxygen atoms in total. The molecule has 7 heteroatoms. The predicted molar refractivity (Wildman–Crippen MR) is 85.5 cm³/mol. The fourth-order valence-electron chi connectivity index (χ4n) is 2.72. The first-order valence-corrected chi connectivity index (χ1v) is 8.45. The van der Waals surface area contributed by atoms with E-state index < -0.39 is 0 Å². The molecule has 1 fully saturated rings. The van der Waals surface area contributed by atoms with Gasteiger partial charge in [-0.1, -0.05) is 0 Å². The van der Waals surface area contributed by atoms with Crippen LogP contribution in [0.5, 0.6) is 0 Å². The zero-order valence-corrected chi connectivity index (χ0v) is 13.6. The highest BCUT2D eigenvalue weighted by Crippen LogP contribution is 2.18. The van der Waals surface area contributed by atoms with Gasteiger partial charge in [-0.2, -0.15) is 5.10 Å². The molecule has 1 aliphatic rings. The van der Waals surface area contributed by atoms with Gasteiger partial charge < -0.3 is 10.2 Å². The average molecular weight is 319 g/mol. The summed E-state index contributed by atoms with van der Waals surface area (Å²) in [6.45, 7) is 5.78. The minimum atomic E-state index is 0.114. The number of rotatable bonds is 6. The molecule has 0 aromatic carbocycles. The number of carbonyl (C=O) groups is 1. The standard InChI is InChI=1S/C15H21N5OS/c1-12-14(22-11-17-12)9-19(8-13-3-5-16-7-13)15(21)10-20-6-2-4-18-20/h2,4,6,11,13,16H,3,5,7-10H2,1H3. The van der Waals surface area contributed by atoms with Crippen molar-refractivity contribution in [3.63, 3.8) is 0 Å². The summed E-state index contributed by atoms with van der Waals surface area (Å²) in [7, 11) is 0. The molecule has 3 heterocycles. The largest absolute Gasteiger partial charge is 0.336 e. The highest BCUT2D eigenvalue weighted by atomic mass is 32.1. The van der Waals surface area contributed by atoms with Crippen LogP contribution in [0.25, 0.3) is 0 Å². The molecule has 0 bridgehead atoms. The molecule has 22 heavy (non-hydrogen) atoms. The average Bonchev–Trinajstić information content (AvgIpc) is 3.22. The van der Waals surface area contributed by atoms with E-state index in [1.54, 1.807) is 22.2 Å². The van der Waals surface area contributed by atoms with Crippen molar-refractivity contribution in [3.8, 4) is 0 Å². The van der Waals surface area contributed by atoms with E-state index in [9.17, 15) is 4.79 Å². The third-order valence-corrected chi connectivity index (χ3v) is 4.95. The van der Waals surface area contributed by atoms with E-state index in [0.29, 0.717) is 19.0 Å². The van der Waals surface area contributed by atoms with E-state index in [1.165, 1.54) is 4.88 Å². The van der Waals surface area contributed by atoms with Crippen molar-refractivity contribution in [2.24, 2.45) is 5.92 Å². The van der Waals surface area contributed by atoms with Crippen LogP contribution in [0.1, 0.15) is 17.0 Å². The van der Waals surface area contributed by atoms with Crippen molar-refractivity contribution in [2.75, 3.05) is 19.6 Å². The van der Waals surface area contributed by atoms with Crippen molar-refractivity contribution in [1.29, 1.82) is 0 Å². The first-order valence-electron chi connectivity index (χ1n) is 7.57. The Balaban J connectivity index is 1.69. The molecule has 1 N–H and O–H groups in total. The number of aromatic nitrogens is 3. The summed E-state index contributed by atoms with van der Waals surface area (Å²) in [6, 6.07) is 1.84. The van der Waals surface area contributed by atoms with E-state index in [4.69, 9.17) is 0 Å². The minimum Gasteiger partial charge on any atom is -0.336 e. The number of aryl methyl sites for hydroxylation is 1. The molecule has 1 atom stereocenters. The molecule has 2 aromatic rings. The topological polar surface area (TPSA) is 63.1 Å². The van der Waals surface area contributed by atoms with Gasteiger partial charge in [-0.05, 0) is 38.4 Å². The zero-order chi connectivity index (χ0) is 15.4. The van der Waals surface area contributed by atoms with Gasteiger partial charge in [-0.25, -0.2) is 4.98 Å². The number of nitrogens with zero attached hydrogens (tertiary/aromatic N) is 4. The molecule has 0 aliphatic carbocycles. The maximum atomic E-state index is 12.7. The first kappa shape index (κ1) is 15.2. The molecule has 2 aromatic heterocycles. The summed E-state index contributed by atoms with van der Waals surface area (Å²) in [5.41, 5.74) is 2.87. The fourth-order valence-corrected chi connectivity index (χ4v) is 3.51. The summed E-state index contributed by atoms with van der Waals surface area (Å²) in [5, 5.41) is 7.50. The van der Waals surface area contributed by atoms with Gasteiger partial charge in [0.1, 0.15) is 6.54 Å². The Kier molecular flexibility index (Phi) is 4.84. The monoisotopic (exact) mass is 319 g/mol. The molecule has 1 unspecified atom stereocenters. The smallest absolute Gasteiger partial charge is 0.244 e. The number of thiazole rings is 1. The number of amides is 1. The van der Waals surface area contributed by atoms with Crippen LogP contribution < -0.4 is 5.32 Å². The fraction of sp³-hybridized carbons (Fsp3) is 0.533. The van der Waals surface area contributed by atoms with Crippen LogP contribution in [0, 0.1) is 12.8 Å². The van der Waals surface area contributed by atoms with Crippen molar-refractivity contribution in [3.05, 3.63) is 34.5 Å². The Morgan fingerprint density at radius 2 is 2.50 bits per heavy atom. The molecule has 0 spiro atoms. The van der Waals surface area contributed by atoms with Crippen LogP contribution in [-0.4, -0.2) is 45.2 Å². The zero-order valence-electron chi connectivity index (χ0n) is 12.7. The molecule has 1 amide bonds. The lowest BCUT2D eigenvalue weighted by molar-refractivity contribution is -0.133. The highest BCUT2D eigenvalue weighted by Gasteiger charge is 2.23. The third-order valence-electron chi connectivity index (χ3n) is 4.03. The summed E-state index contributed by atoms with van der Waals surface area (Å²) < 4.78 is 1.68. The van der Waals surface area contributed by atoms with Crippen LogP contribution in [0.15, 0.2) is 24.0 Å². The lowest BCUT2D eigenvalue weighted by Gasteiger charge is -2.25. The van der Waals surface area contributed by atoms with Gasteiger partial charge >= 0.3 is 0 Å². The second-order valence-electron chi connectivity index (χ2n) is 5.70. The molecule has 1 aliphatic heterocycles. The molecular formula is C15H21N5OS. The van der Waals surface area contributed by atoms with E-state index in [-0.39, 0.29) is 5.91 Å². The van der Waals surface area contributed by atoms with Crippen LogP contribution in [0.3, 0.4) is 0 Å². The Morgan fingerprint density at radius 3 is 3.14 bits per heavy atom. The predicted octanol–water partition coefficient (Wildman–Crippen LogP) is 1.29. The highest BCUT2D eigenvalue weighted by molar-refractivity contribution is 7.09. The second kappa shape index (κ2) is 7.02. The third kappa shape index (κ3) is 3.72. The van der Waals surface area contributed by atoms with Gasteiger partial charge in [0.2, 0.25) is 5.91 Å². The Bertz CT molecular complexity index is 603. The van der Waals surface area contributed by atoms with E-state index in [2.05, 4.69) is 15.4 Å². The van der Waals surface area contributed by atoms with Gasteiger partial charge in [0.05, 0.1) is 17.7 Å². The number of carbonyl (C=O) groups excluding carboxylic acids is 1. The molecule has 118 valence electrons. The second-order valence-corrected chi connectivity index (χ2v) is 6.64. The number of hydrogen-bond acceptors (Lipinski definition) is 5. The molecule has 1 saturated heterocycles. The van der Waals surface area contributed by atoms with Crippen LogP contribution in [-0.2, 0) is 17.9 Å². The lowest BCUT2D eigenvalue weighted by atomic mass is 10.1. The van der Waals surface area contributed by atoms with Gasteiger partial charge in [0.15, 0.2) is 0 Å². The van der Waals surface area contributed by atoms with E-state index in [1.807, 2.05) is 29.6 Å². The van der Waals surface area contributed by atoms with Crippen molar-refractivity contribution < 1.29 is 4.79 Å². The van der Waals surface area contributed by atoms with Crippen molar-refractivity contribution in [2.45, 2.75) is 26.4 Å². The van der Waals surface area contributed by atoms with Crippen LogP contribution >= 0.6 is 11.3 Å². The summed E-state index contributed by atoms with van der Waals surface area (Å²) >= 11 is 1.62. The van der Waals surface area contributed by atoms with Gasteiger partial charge in [-0.15, -0.1) is 11.3 Å². The maximum absolute atomic E-state index is 12.7. The van der Waals surface area contributed by atoms with Crippen LogP contribution in [0.4, 0.5) is 0 Å². The summed E-state index contributed by atoms with van der Waals surface area (Å²) in [6.07, 6.45) is 4.66. The molecule has 0 saturated carbocycles. The van der Waals surface area contributed by atoms with E-state index in [0.717, 1.165) is 31.7 Å². The Hall–Kier alpha value is -1.73. The van der Waals surface area contributed by atoms with Crippen LogP contribution in [0.2, 0.25) is 0 Å². The number of hydrogen-bond donors (Lipinski definition) is 1. The normalized spacial score (nSPS) is 17.8.